The third-order valence-electron chi connectivity index (χ3n) is 4.94. The Morgan fingerprint density at radius 3 is 2.76 bits per heavy atom. The summed E-state index contributed by atoms with van der Waals surface area (Å²) in [5, 5.41) is 9.29. The molecule has 1 aliphatic heterocycles. The molecule has 0 aromatic carbocycles. The molecule has 3 aliphatic rings. The SMILES string of the molecule is O=C(O)C1CCCN(c2nc(C3CC3)nc3c2CCC3)C1. The van der Waals surface area contributed by atoms with Gasteiger partial charge in [0.15, 0.2) is 0 Å². The van der Waals surface area contributed by atoms with E-state index in [1.54, 1.807) is 0 Å². The molecule has 21 heavy (non-hydrogen) atoms. The maximum atomic E-state index is 11.3. The molecule has 2 aliphatic carbocycles. The van der Waals surface area contributed by atoms with Crippen molar-refractivity contribution in [1.82, 2.24) is 9.97 Å². The van der Waals surface area contributed by atoms with Crippen LogP contribution in [0.4, 0.5) is 5.82 Å². The average Bonchev–Trinajstić information content (AvgIpc) is 3.24. The molecule has 112 valence electrons. The summed E-state index contributed by atoms with van der Waals surface area (Å²) in [6.07, 6.45) is 7.39. The predicted molar refractivity (Wildman–Crippen MR) is 78.6 cm³/mol. The third-order valence-corrected chi connectivity index (χ3v) is 4.94. The van der Waals surface area contributed by atoms with Crippen molar-refractivity contribution in [2.24, 2.45) is 5.92 Å². The fourth-order valence-corrected chi connectivity index (χ4v) is 3.59. The van der Waals surface area contributed by atoms with Crippen molar-refractivity contribution in [1.29, 1.82) is 0 Å². The first-order valence-corrected chi connectivity index (χ1v) is 8.10. The second-order valence-corrected chi connectivity index (χ2v) is 6.58. The van der Waals surface area contributed by atoms with E-state index >= 15 is 0 Å². The Kier molecular flexibility index (Phi) is 3.08. The number of rotatable bonds is 3. The maximum Gasteiger partial charge on any atom is 0.308 e. The molecule has 1 aromatic rings. The van der Waals surface area contributed by atoms with Crippen LogP contribution in [-0.2, 0) is 17.6 Å². The van der Waals surface area contributed by atoms with Crippen LogP contribution >= 0.6 is 0 Å². The van der Waals surface area contributed by atoms with Gasteiger partial charge in [0.2, 0.25) is 0 Å². The minimum Gasteiger partial charge on any atom is -0.481 e. The van der Waals surface area contributed by atoms with Crippen molar-refractivity contribution in [3.63, 3.8) is 0 Å². The zero-order chi connectivity index (χ0) is 14.4. The second kappa shape index (κ2) is 4.97. The van der Waals surface area contributed by atoms with Gasteiger partial charge in [-0.1, -0.05) is 0 Å². The summed E-state index contributed by atoms with van der Waals surface area (Å²) in [5.41, 5.74) is 2.50. The molecule has 1 N–H and O–H groups in total. The second-order valence-electron chi connectivity index (χ2n) is 6.58. The van der Waals surface area contributed by atoms with Crippen LogP contribution in [0, 0.1) is 5.92 Å². The molecule has 1 aromatic heterocycles. The fourth-order valence-electron chi connectivity index (χ4n) is 3.59. The summed E-state index contributed by atoms with van der Waals surface area (Å²) in [4.78, 5) is 23.1. The van der Waals surface area contributed by atoms with Crippen LogP contribution in [0.15, 0.2) is 0 Å². The summed E-state index contributed by atoms with van der Waals surface area (Å²) in [7, 11) is 0. The van der Waals surface area contributed by atoms with Crippen molar-refractivity contribution < 1.29 is 9.90 Å². The summed E-state index contributed by atoms with van der Waals surface area (Å²) in [5.74, 6) is 1.67. The van der Waals surface area contributed by atoms with Gasteiger partial charge in [0.05, 0.1) is 5.92 Å². The molecule has 5 nitrogen and oxygen atoms in total. The number of carbonyl (C=O) groups is 1. The Bertz CT molecular complexity index is 583. The fraction of sp³-hybridized carbons (Fsp3) is 0.688. The predicted octanol–water partition coefficient (Wildman–Crippen LogP) is 2.14. The van der Waals surface area contributed by atoms with Gasteiger partial charge < -0.3 is 10.0 Å². The minimum absolute atomic E-state index is 0.254. The lowest BCUT2D eigenvalue weighted by atomic mass is 9.98. The number of aryl methyl sites for hydroxylation is 1. The van der Waals surface area contributed by atoms with E-state index in [-0.39, 0.29) is 5.92 Å². The highest BCUT2D eigenvalue weighted by Crippen LogP contribution is 2.41. The molecule has 2 fully saturated rings. The van der Waals surface area contributed by atoms with Crippen molar-refractivity contribution in [2.45, 2.75) is 50.9 Å². The van der Waals surface area contributed by atoms with E-state index in [9.17, 15) is 9.90 Å². The quantitative estimate of drug-likeness (QED) is 0.922. The lowest BCUT2D eigenvalue weighted by molar-refractivity contribution is -0.141. The first-order chi connectivity index (χ1) is 10.2. The van der Waals surface area contributed by atoms with Crippen LogP contribution in [0.2, 0.25) is 0 Å². The van der Waals surface area contributed by atoms with Crippen LogP contribution in [0.5, 0.6) is 0 Å². The monoisotopic (exact) mass is 287 g/mol. The van der Waals surface area contributed by atoms with E-state index < -0.39 is 5.97 Å². The molecular formula is C16H21N3O2. The van der Waals surface area contributed by atoms with Crippen LogP contribution in [0.3, 0.4) is 0 Å². The number of aromatic nitrogens is 2. The molecule has 4 rings (SSSR count). The van der Waals surface area contributed by atoms with Crippen molar-refractivity contribution >= 4 is 11.8 Å². The lowest BCUT2D eigenvalue weighted by Gasteiger charge is -2.33. The maximum absolute atomic E-state index is 11.3. The normalized spacial score (nSPS) is 25.0. The summed E-state index contributed by atoms with van der Waals surface area (Å²) in [6.45, 7) is 1.53. The van der Waals surface area contributed by atoms with E-state index in [0.717, 1.165) is 50.3 Å². The van der Waals surface area contributed by atoms with Gasteiger partial charge in [0.25, 0.3) is 0 Å². The van der Waals surface area contributed by atoms with E-state index in [1.165, 1.54) is 24.1 Å². The zero-order valence-electron chi connectivity index (χ0n) is 12.2. The number of hydrogen-bond donors (Lipinski definition) is 1. The summed E-state index contributed by atoms with van der Waals surface area (Å²) < 4.78 is 0. The van der Waals surface area contributed by atoms with Crippen molar-refractivity contribution in [2.75, 3.05) is 18.0 Å². The van der Waals surface area contributed by atoms with Gasteiger partial charge in [-0.05, 0) is 44.9 Å². The molecule has 1 saturated heterocycles. The smallest absolute Gasteiger partial charge is 0.308 e. The number of piperidine rings is 1. The van der Waals surface area contributed by atoms with Crippen LogP contribution in [-0.4, -0.2) is 34.1 Å². The number of aliphatic carboxylic acids is 1. The Morgan fingerprint density at radius 1 is 1.14 bits per heavy atom. The zero-order valence-corrected chi connectivity index (χ0v) is 12.2. The Hall–Kier alpha value is -1.65. The molecule has 5 heteroatoms. The van der Waals surface area contributed by atoms with Crippen LogP contribution < -0.4 is 4.90 Å². The molecule has 1 unspecified atom stereocenters. The number of hydrogen-bond acceptors (Lipinski definition) is 4. The molecule has 0 spiro atoms. The van der Waals surface area contributed by atoms with Gasteiger partial charge in [-0.2, -0.15) is 0 Å². The number of anilines is 1. The van der Waals surface area contributed by atoms with E-state index in [2.05, 4.69) is 4.90 Å². The Morgan fingerprint density at radius 2 is 2.00 bits per heavy atom. The number of fused-ring (bicyclic) bond motifs is 1. The standard InChI is InChI=1S/C16H21N3O2/c20-16(21)11-3-2-8-19(9-11)15-12-4-1-5-13(12)17-14(18-15)10-6-7-10/h10-11H,1-9H2,(H,20,21). The minimum atomic E-state index is -0.673. The highest BCUT2D eigenvalue weighted by molar-refractivity contribution is 5.71. The third kappa shape index (κ3) is 2.39. The average molecular weight is 287 g/mol. The molecule has 1 atom stereocenters. The van der Waals surface area contributed by atoms with Gasteiger partial charge in [0.1, 0.15) is 11.6 Å². The highest BCUT2D eigenvalue weighted by Gasteiger charge is 2.33. The van der Waals surface area contributed by atoms with Gasteiger partial charge in [-0.3, -0.25) is 4.79 Å². The number of carboxylic acids is 1. The summed E-state index contributed by atoms with van der Waals surface area (Å²) >= 11 is 0. The molecular weight excluding hydrogens is 266 g/mol. The van der Waals surface area contributed by atoms with Crippen molar-refractivity contribution in [3.8, 4) is 0 Å². The van der Waals surface area contributed by atoms with Gasteiger partial charge in [-0.25, -0.2) is 9.97 Å². The van der Waals surface area contributed by atoms with Gasteiger partial charge >= 0.3 is 5.97 Å². The van der Waals surface area contributed by atoms with E-state index in [0.29, 0.717) is 12.5 Å². The van der Waals surface area contributed by atoms with Crippen molar-refractivity contribution in [3.05, 3.63) is 17.1 Å². The highest BCUT2D eigenvalue weighted by atomic mass is 16.4. The number of nitrogens with zero attached hydrogens (tertiary/aromatic N) is 3. The first-order valence-electron chi connectivity index (χ1n) is 8.10. The van der Waals surface area contributed by atoms with Gasteiger partial charge in [0, 0.05) is 30.3 Å². The summed E-state index contributed by atoms with van der Waals surface area (Å²) in [6, 6.07) is 0. The Balaban J connectivity index is 1.68. The van der Waals surface area contributed by atoms with Crippen LogP contribution in [0.1, 0.15) is 55.1 Å². The lowest BCUT2D eigenvalue weighted by Crippen LogP contribution is -2.39. The number of carboxylic acid groups (broad SMARTS) is 1. The van der Waals surface area contributed by atoms with Gasteiger partial charge in [-0.15, -0.1) is 0 Å². The Labute approximate surface area is 124 Å². The molecule has 1 saturated carbocycles. The topological polar surface area (TPSA) is 66.3 Å². The molecule has 0 radical (unpaired) electrons. The largest absolute Gasteiger partial charge is 0.481 e. The van der Waals surface area contributed by atoms with E-state index in [1.807, 2.05) is 0 Å². The van der Waals surface area contributed by atoms with Crippen LogP contribution in [0.25, 0.3) is 0 Å². The molecule has 0 bridgehead atoms. The molecule has 0 amide bonds. The first kappa shape index (κ1) is 13.0. The van der Waals surface area contributed by atoms with E-state index in [4.69, 9.17) is 9.97 Å². The molecule has 2 heterocycles.